The number of hydrogen-bond acceptors (Lipinski definition) is 3. The van der Waals surface area contributed by atoms with Crippen molar-refractivity contribution in [2.24, 2.45) is 5.41 Å². The molecule has 0 atom stereocenters. The van der Waals surface area contributed by atoms with E-state index >= 15 is 0 Å². The summed E-state index contributed by atoms with van der Waals surface area (Å²) in [6, 6.07) is 11.7. The minimum atomic E-state index is -0.297. The number of fused-ring (bicyclic) bond motifs is 1. The second-order valence-electron chi connectivity index (χ2n) is 8.68. The Morgan fingerprint density at radius 3 is 2.57 bits per heavy atom. The predicted molar refractivity (Wildman–Crippen MR) is 116 cm³/mol. The molecule has 1 aliphatic heterocycles. The summed E-state index contributed by atoms with van der Waals surface area (Å²) in [5.74, 6) is 0.477. The number of amides is 2. The summed E-state index contributed by atoms with van der Waals surface area (Å²) in [6.07, 6.45) is 6.42. The molecule has 1 N–H and O–H groups in total. The number of nitrogens with zero attached hydrogens (tertiary/aromatic N) is 3. The van der Waals surface area contributed by atoms with Crippen molar-refractivity contribution in [1.82, 2.24) is 19.6 Å². The largest absolute Gasteiger partial charge is 0.348 e. The third kappa shape index (κ3) is 3.95. The average molecular weight is 405 g/mol. The Bertz CT molecular complexity index is 1060. The highest BCUT2D eigenvalue weighted by atomic mass is 16.2. The number of aromatic nitrogens is 2. The molecule has 1 saturated heterocycles. The van der Waals surface area contributed by atoms with Crippen LogP contribution in [0.2, 0.25) is 0 Å². The van der Waals surface area contributed by atoms with E-state index in [0.29, 0.717) is 18.0 Å². The van der Waals surface area contributed by atoms with Crippen LogP contribution in [0.1, 0.15) is 54.6 Å². The van der Waals surface area contributed by atoms with Gasteiger partial charge < -0.3 is 14.6 Å². The standard InChI is InChI=1S/C24H28N4O2/c1-4-24(2,3)23(30)28-15-20(16-28)18-5-7-19(8-6-18)22(29)26-14-17-9-11-27-12-10-25-21(27)13-17/h5-13,20H,4,14-16H2,1-3H3,(H,26,29). The second kappa shape index (κ2) is 7.94. The van der Waals surface area contributed by atoms with Crippen LogP contribution in [0, 0.1) is 5.41 Å². The fourth-order valence-electron chi connectivity index (χ4n) is 3.69. The maximum absolute atomic E-state index is 12.5. The maximum atomic E-state index is 12.5. The van der Waals surface area contributed by atoms with Gasteiger partial charge in [0, 0.05) is 55.1 Å². The van der Waals surface area contributed by atoms with Crippen LogP contribution in [0.5, 0.6) is 0 Å². The topological polar surface area (TPSA) is 66.7 Å². The van der Waals surface area contributed by atoms with Crippen molar-refractivity contribution in [3.63, 3.8) is 0 Å². The van der Waals surface area contributed by atoms with Crippen molar-refractivity contribution in [2.75, 3.05) is 13.1 Å². The molecule has 1 fully saturated rings. The molecule has 0 spiro atoms. The summed E-state index contributed by atoms with van der Waals surface area (Å²) in [7, 11) is 0. The molecule has 156 valence electrons. The lowest BCUT2D eigenvalue weighted by Crippen LogP contribution is -2.52. The summed E-state index contributed by atoms with van der Waals surface area (Å²) >= 11 is 0. The van der Waals surface area contributed by atoms with Crippen molar-refractivity contribution >= 4 is 17.5 Å². The first-order valence-corrected chi connectivity index (χ1v) is 10.5. The van der Waals surface area contributed by atoms with Crippen molar-refractivity contribution in [2.45, 2.75) is 39.7 Å². The van der Waals surface area contributed by atoms with Crippen LogP contribution in [0.15, 0.2) is 55.0 Å². The number of carbonyl (C=O) groups excluding carboxylic acids is 2. The first-order valence-electron chi connectivity index (χ1n) is 10.5. The van der Waals surface area contributed by atoms with Gasteiger partial charge in [0.25, 0.3) is 5.91 Å². The number of benzene rings is 1. The molecule has 6 heteroatoms. The normalized spacial score (nSPS) is 14.6. The van der Waals surface area contributed by atoms with Crippen LogP contribution in [-0.2, 0) is 11.3 Å². The third-order valence-electron chi connectivity index (χ3n) is 6.19. The number of rotatable bonds is 6. The molecular weight excluding hydrogens is 376 g/mol. The molecule has 0 unspecified atom stereocenters. The SMILES string of the molecule is CCC(C)(C)C(=O)N1CC(c2ccc(C(=O)NCc3ccn4ccnc4c3)cc2)C1. The van der Waals surface area contributed by atoms with Crippen LogP contribution in [-0.4, -0.2) is 39.2 Å². The lowest BCUT2D eigenvalue weighted by molar-refractivity contribution is -0.145. The Morgan fingerprint density at radius 2 is 1.87 bits per heavy atom. The van der Waals surface area contributed by atoms with Gasteiger partial charge in [-0.25, -0.2) is 4.98 Å². The Labute approximate surface area is 176 Å². The molecule has 3 heterocycles. The zero-order chi connectivity index (χ0) is 21.3. The van der Waals surface area contributed by atoms with E-state index in [4.69, 9.17) is 0 Å². The second-order valence-corrected chi connectivity index (χ2v) is 8.68. The molecule has 1 aliphatic rings. The van der Waals surface area contributed by atoms with Gasteiger partial charge in [-0.2, -0.15) is 0 Å². The van der Waals surface area contributed by atoms with E-state index < -0.39 is 0 Å². The molecule has 0 radical (unpaired) electrons. The van der Waals surface area contributed by atoms with Crippen molar-refractivity contribution in [3.05, 3.63) is 71.7 Å². The third-order valence-corrected chi connectivity index (χ3v) is 6.19. The van der Waals surface area contributed by atoms with Gasteiger partial charge in [-0.3, -0.25) is 9.59 Å². The Balaban J connectivity index is 1.31. The first kappa shape index (κ1) is 20.1. The van der Waals surface area contributed by atoms with Gasteiger partial charge in [-0.05, 0) is 41.8 Å². The molecule has 0 saturated carbocycles. The van der Waals surface area contributed by atoms with E-state index in [1.165, 1.54) is 5.56 Å². The number of pyridine rings is 1. The summed E-state index contributed by atoms with van der Waals surface area (Å²) in [4.78, 5) is 31.2. The van der Waals surface area contributed by atoms with Gasteiger partial charge in [-0.15, -0.1) is 0 Å². The molecule has 1 aromatic carbocycles. The first-order chi connectivity index (χ1) is 14.4. The van der Waals surface area contributed by atoms with Crippen molar-refractivity contribution in [3.8, 4) is 0 Å². The van der Waals surface area contributed by atoms with Gasteiger partial charge in [0.05, 0.1) is 0 Å². The van der Waals surface area contributed by atoms with Crippen LogP contribution < -0.4 is 5.32 Å². The van der Waals surface area contributed by atoms with E-state index in [1.54, 1.807) is 6.20 Å². The van der Waals surface area contributed by atoms with E-state index in [9.17, 15) is 9.59 Å². The van der Waals surface area contributed by atoms with Gasteiger partial charge in [0.2, 0.25) is 5.91 Å². The van der Waals surface area contributed by atoms with Crippen LogP contribution in [0.25, 0.3) is 5.65 Å². The van der Waals surface area contributed by atoms with Crippen molar-refractivity contribution < 1.29 is 9.59 Å². The summed E-state index contributed by atoms with van der Waals surface area (Å²) in [6.45, 7) is 8.02. The zero-order valence-corrected chi connectivity index (χ0v) is 17.8. The van der Waals surface area contributed by atoms with E-state index in [-0.39, 0.29) is 17.2 Å². The Hall–Kier alpha value is -3.15. The molecule has 3 aromatic rings. The molecule has 0 bridgehead atoms. The number of nitrogens with one attached hydrogen (secondary N) is 1. The lowest BCUT2D eigenvalue weighted by Gasteiger charge is -2.43. The highest BCUT2D eigenvalue weighted by Gasteiger charge is 2.38. The molecule has 0 aliphatic carbocycles. The lowest BCUT2D eigenvalue weighted by atomic mass is 9.84. The van der Waals surface area contributed by atoms with E-state index in [0.717, 1.165) is 30.7 Å². The quantitative estimate of drug-likeness (QED) is 0.682. The zero-order valence-electron chi connectivity index (χ0n) is 17.8. The Kier molecular flexibility index (Phi) is 5.33. The highest BCUT2D eigenvalue weighted by molar-refractivity contribution is 5.94. The average Bonchev–Trinajstić information content (AvgIpc) is 3.19. The van der Waals surface area contributed by atoms with Crippen LogP contribution in [0.3, 0.4) is 0 Å². The molecule has 2 aromatic heterocycles. The van der Waals surface area contributed by atoms with Gasteiger partial charge in [-0.1, -0.05) is 32.9 Å². The molecule has 2 amide bonds. The van der Waals surface area contributed by atoms with Crippen LogP contribution >= 0.6 is 0 Å². The minimum Gasteiger partial charge on any atom is -0.348 e. The summed E-state index contributed by atoms with van der Waals surface area (Å²) < 4.78 is 1.93. The smallest absolute Gasteiger partial charge is 0.251 e. The number of carbonyl (C=O) groups is 2. The number of hydrogen-bond donors (Lipinski definition) is 1. The van der Waals surface area contributed by atoms with Crippen molar-refractivity contribution in [1.29, 1.82) is 0 Å². The molecular formula is C24H28N4O2. The van der Waals surface area contributed by atoms with Gasteiger partial charge in [0.15, 0.2) is 0 Å². The van der Waals surface area contributed by atoms with E-state index in [1.807, 2.05) is 71.9 Å². The maximum Gasteiger partial charge on any atom is 0.251 e. The predicted octanol–water partition coefficient (Wildman–Crippen LogP) is 3.63. The highest BCUT2D eigenvalue weighted by Crippen LogP contribution is 2.32. The Morgan fingerprint density at radius 1 is 1.13 bits per heavy atom. The molecule has 30 heavy (non-hydrogen) atoms. The monoisotopic (exact) mass is 404 g/mol. The molecule has 6 nitrogen and oxygen atoms in total. The van der Waals surface area contributed by atoms with Gasteiger partial charge >= 0.3 is 0 Å². The number of likely N-dealkylation sites (tertiary alicyclic amines) is 1. The minimum absolute atomic E-state index is 0.0973. The number of imidazole rings is 1. The van der Waals surface area contributed by atoms with E-state index in [2.05, 4.69) is 17.2 Å². The fourth-order valence-corrected chi connectivity index (χ4v) is 3.69. The molecule has 4 rings (SSSR count). The summed E-state index contributed by atoms with van der Waals surface area (Å²) in [5.41, 5.74) is 3.39. The summed E-state index contributed by atoms with van der Waals surface area (Å²) in [5, 5.41) is 2.96. The van der Waals surface area contributed by atoms with Gasteiger partial charge in [0.1, 0.15) is 5.65 Å². The fraction of sp³-hybridized carbons (Fsp3) is 0.375. The van der Waals surface area contributed by atoms with Crippen LogP contribution in [0.4, 0.5) is 0 Å².